The van der Waals surface area contributed by atoms with Gasteiger partial charge in [0.15, 0.2) is 0 Å². The van der Waals surface area contributed by atoms with Crippen molar-refractivity contribution in [2.24, 2.45) is 5.92 Å². The fourth-order valence-electron chi connectivity index (χ4n) is 3.21. The van der Waals surface area contributed by atoms with Crippen LogP contribution in [0.25, 0.3) is 0 Å². The molecule has 1 aromatic carbocycles. The third kappa shape index (κ3) is 4.35. The minimum absolute atomic E-state index is 0.425. The maximum Gasteiger partial charge on any atom is 0.212 e. The van der Waals surface area contributed by atoms with Crippen LogP contribution in [0, 0.1) is 23.7 Å². The molecule has 1 fully saturated rings. The fourth-order valence-corrected chi connectivity index (χ4v) is 3.21. The van der Waals surface area contributed by atoms with Crippen molar-refractivity contribution in [3.63, 3.8) is 0 Å². The van der Waals surface area contributed by atoms with Gasteiger partial charge in [-0.1, -0.05) is 24.0 Å². The topological polar surface area (TPSA) is 22.1 Å². The van der Waals surface area contributed by atoms with E-state index >= 15 is 0 Å². The molecule has 1 aliphatic rings. The molecular formula is C21H22FNO. The number of pyridine rings is 1. The van der Waals surface area contributed by atoms with E-state index in [1.165, 1.54) is 17.8 Å². The van der Waals surface area contributed by atoms with E-state index in [2.05, 4.69) is 41.1 Å². The molecule has 2 nitrogen and oxygen atoms in total. The quantitative estimate of drug-likeness (QED) is 0.589. The molecule has 0 saturated heterocycles. The zero-order valence-electron chi connectivity index (χ0n) is 14.0. The highest BCUT2D eigenvalue weighted by Crippen LogP contribution is 2.36. The van der Waals surface area contributed by atoms with Crippen LogP contribution in [-0.4, -0.2) is 11.6 Å². The normalized spacial score (nSPS) is 20.1. The third-order valence-corrected chi connectivity index (χ3v) is 4.54. The van der Waals surface area contributed by atoms with Gasteiger partial charge in [-0.15, -0.1) is 0 Å². The number of halogens is 1. The Morgan fingerprint density at radius 2 is 1.83 bits per heavy atom. The molecular weight excluding hydrogens is 301 g/mol. The molecule has 1 aliphatic carbocycles. The lowest BCUT2D eigenvalue weighted by Crippen LogP contribution is -2.12. The van der Waals surface area contributed by atoms with Crippen LogP contribution < -0.4 is 4.74 Å². The van der Waals surface area contributed by atoms with E-state index in [4.69, 9.17) is 4.74 Å². The number of hydrogen-bond acceptors (Lipinski definition) is 2. The minimum Gasteiger partial charge on any atom is -0.494 e. The van der Waals surface area contributed by atoms with Gasteiger partial charge in [0.25, 0.3) is 0 Å². The lowest BCUT2D eigenvalue weighted by molar-refractivity contribution is 0.339. The van der Waals surface area contributed by atoms with Gasteiger partial charge in [-0.3, -0.25) is 0 Å². The maximum absolute atomic E-state index is 12.8. The lowest BCUT2D eigenvalue weighted by atomic mass is 9.79. The van der Waals surface area contributed by atoms with Gasteiger partial charge in [0.1, 0.15) is 5.75 Å². The molecule has 1 saturated carbocycles. The number of aromatic nitrogens is 1. The predicted octanol–water partition coefficient (Wildman–Crippen LogP) is 4.94. The number of nitrogens with zero attached hydrogens (tertiary/aromatic N) is 1. The van der Waals surface area contributed by atoms with E-state index in [0.29, 0.717) is 18.4 Å². The van der Waals surface area contributed by atoms with Crippen molar-refractivity contribution in [1.29, 1.82) is 0 Å². The first kappa shape index (κ1) is 16.5. The second-order valence-electron chi connectivity index (χ2n) is 6.19. The summed E-state index contributed by atoms with van der Waals surface area (Å²) in [7, 11) is 0. The Labute approximate surface area is 143 Å². The number of ether oxygens (including phenoxy) is 1. The molecule has 0 spiro atoms. The molecule has 0 amide bonds. The van der Waals surface area contributed by atoms with E-state index in [1.807, 2.05) is 6.92 Å². The zero-order valence-corrected chi connectivity index (χ0v) is 14.0. The van der Waals surface area contributed by atoms with E-state index in [9.17, 15) is 4.39 Å². The molecule has 0 radical (unpaired) electrons. The summed E-state index contributed by atoms with van der Waals surface area (Å²) in [6, 6.07) is 11.5. The molecule has 1 heterocycles. The Balaban J connectivity index is 1.55. The van der Waals surface area contributed by atoms with E-state index in [0.717, 1.165) is 37.0 Å². The van der Waals surface area contributed by atoms with Gasteiger partial charge >= 0.3 is 0 Å². The van der Waals surface area contributed by atoms with Crippen molar-refractivity contribution in [2.75, 3.05) is 6.61 Å². The highest BCUT2D eigenvalue weighted by molar-refractivity contribution is 5.33. The summed E-state index contributed by atoms with van der Waals surface area (Å²) in [5.74, 6) is 7.96. The van der Waals surface area contributed by atoms with Crippen LogP contribution in [0.15, 0.2) is 42.6 Å². The molecule has 3 rings (SSSR count). The molecule has 1 aromatic heterocycles. The van der Waals surface area contributed by atoms with Crippen molar-refractivity contribution in [1.82, 2.24) is 4.98 Å². The highest BCUT2D eigenvalue weighted by atomic mass is 19.1. The van der Waals surface area contributed by atoms with Gasteiger partial charge < -0.3 is 4.74 Å². The summed E-state index contributed by atoms with van der Waals surface area (Å²) in [5, 5.41) is 0. The molecule has 0 aliphatic heterocycles. The van der Waals surface area contributed by atoms with Gasteiger partial charge in [-0.05, 0) is 68.4 Å². The predicted molar refractivity (Wildman–Crippen MR) is 93.4 cm³/mol. The number of benzene rings is 1. The van der Waals surface area contributed by atoms with Crippen molar-refractivity contribution < 1.29 is 9.13 Å². The Hall–Kier alpha value is -2.34. The Morgan fingerprint density at radius 3 is 2.46 bits per heavy atom. The summed E-state index contributed by atoms with van der Waals surface area (Å²) in [5.41, 5.74) is 2.18. The van der Waals surface area contributed by atoms with Crippen molar-refractivity contribution in [3.8, 4) is 17.6 Å². The van der Waals surface area contributed by atoms with Crippen LogP contribution in [0.1, 0.15) is 49.7 Å². The third-order valence-electron chi connectivity index (χ3n) is 4.54. The lowest BCUT2D eigenvalue weighted by Gasteiger charge is -2.26. The minimum atomic E-state index is -0.462. The SMILES string of the molecule is CCOc1ccc(C2CCC(C#Cc3ccc(F)nc3)CC2)cc1. The summed E-state index contributed by atoms with van der Waals surface area (Å²) in [6.07, 6.45) is 6.04. The Bertz CT molecular complexity index is 704. The van der Waals surface area contributed by atoms with Crippen molar-refractivity contribution >= 4 is 0 Å². The molecule has 0 bridgehead atoms. The molecule has 124 valence electrons. The molecule has 3 heteroatoms. The summed E-state index contributed by atoms with van der Waals surface area (Å²) in [4.78, 5) is 3.64. The first-order valence-corrected chi connectivity index (χ1v) is 8.60. The highest BCUT2D eigenvalue weighted by Gasteiger charge is 2.21. The van der Waals surface area contributed by atoms with Crippen LogP contribution in [0.3, 0.4) is 0 Å². The second-order valence-corrected chi connectivity index (χ2v) is 6.19. The van der Waals surface area contributed by atoms with Gasteiger partial charge in [0.2, 0.25) is 5.95 Å². The number of rotatable bonds is 3. The molecule has 0 unspecified atom stereocenters. The average Bonchev–Trinajstić information content (AvgIpc) is 2.63. The van der Waals surface area contributed by atoms with Crippen LogP contribution in [-0.2, 0) is 0 Å². The largest absolute Gasteiger partial charge is 0.494 e. The average molecular weight is 323 g/mol. The van der Waals surface area contributed by atoms with Crippen LogP contribution in [0.4, 0.5) is 4.39 Å². The fraction of sp³-hybridized carbons (Fsp3) is 0.381. The first-order valence-electron chi connectivity index (χ1n) is 8.60. The molecule has 24 heavy (non-hydrogen) atoms. The summed E-state index contributed by atoms with van der Waals surface area (Å²) < 4.78 is 18.3. The smallest absolute Gasteiger partial charge is 0.212 e. The van der Waals surface area contributed by atoms with Crippen LogP contribution in [0.5, 0.6) is 5.75 Å². The number of hydrogen-bond donors (Lipinski definition) is 0. The molecule has 2 aromatic rings. The van der Waals surface area contributed by atoms with Crippen molar-refractivity contribution in [3.05, 3.63) is 59.7 Å². The Morgan fingerprint density at radius 1 is 1.08 bits per heavy atom. The Kier molecular flexibility index (Phi) is 5.48. The van der Waals surface area contributed by atoms with Gasteiger partial charge in [0, 0.05) is 17.7 Å². The standard InChI is InChI=1S/C21H22FNO/c1-2-24-20-12-10-19(11-13-20)18-8-5-16(6-9-18)3-4-17-7-14-21(22)23-15-17/h7,10-16,18H,2,5-6,8-9H2,1H3. The first-order chi connectivity index (χ1) is 11.7. The van der Waals surface area contributed by atoms with Crippen molar-refractivity contribution in [2.45, 2.75) is 38.5 Å². The van der Waals surface area contributed by atoms with Crippen LogP contribution >= 0.6 is 0 Å². The second kappa shape index (κ2) is 7.97. The van der Waals surface area contributed by atoms with Gasteiger partial charge in [-0.2, -0.15) is 4.39 Å². The molecule has 0 atom stereocenters. The van der Waals surface area contributed by atoms with E-state index < -0.39 is 5.95 Å². The molecule has 0 N–H and O–H groups in total. The monoisotopic (exact) mass is 323 g/mol. The zero-order chi connectivity index (χ0) is 16.8. The van der Waals surface area contributed by atoms with Gasteiger partial charge in [0.05, 0.1) is 6.61 Å². The summed E-state index contributed by atoms with van der Waals surface area (Å²) >= 11 is 0. The van der Waals surface area contributed by atoms with E-state index in [1.54, 1.807) is 6.07 Å². The van der Waals surface area contributed by atoms with Gasteiger partial charge in [-0.25, -0.2) is 4.98 Å². The summed E-state index contributed by atoms with van der Waals surface area (Å²) in [6.45, 7) is 2.70. The maximum atomic E-state index is 12.8. The van der Waals surface area contributed by atoms with E-state index in [-0.39, 0.29) is 0 Å². The van der Waals surface area contributed by atoms with Crippen LogP contribution in [0.2, 0.25) is 0 Å².